The highest BCUT2D eigenvalue weighted by Crippen LogP contribution is 2.28. The van der Waals surface area contributed by atoms with Gasteiger partial charge in [0.2, 0.25) is 5.88 Å². The number of carboxylic acid groups (broad SMARTS) is 1. The second kappa shape index (κ2) is 8.47. The van der Waals surface area contributed by atoms with E-state index in [9.17, 15) is 14.7 Å². The quantitative estimate of drug-likeness (QED) is 0.759. The Kier molecular flexibility index (Phi) is 6.33. The topological polar surface area (TPSA) is 88.5 Å². The lowest BCUT2D eigenvalue weighted by atomic mass is 9.78. The maximum absolute atomic E-state index is 12.4. The number of benzene rings is 1. The van der Waals surface area contributed by atoms with Crippen molar-refractivity contribution in [3.05, 3.63) is 59.8 Å². The first-order chi connectivity index (χ1) is 12.4. The third-order valence-corrected chi connectivity index (χ3v) is 4.25. The first kappa shape index (κ1) is 19.4. The zero-order valence-corrected chi connectivity index (χ0v) is 15.2. The standard InChI is InChI=1S/C20H24N2O4/c1-4-20(19(24)25,16-8-6-5-7-9-16)13-22-18(23)15-10-11-17(21-12-15)26-14(2)3/h5-12,14H,4,13H2,1-3H3,(H,22,23)(H,24,25). The Bertz CT molecular complexity index is 744. The van der Waals surface area contributed by atoms with Crippen LogP contribution in [0.3, 0.4) is 0 Å². The van der Waals surface area contributed by atoms with Crippen molar-refractivity contribution >= 4 is 11.9 Å². The fourth-order valence-corrected chi connectivity index (χ4v) is 2.70. The van der Waals surface area contributed by atoms with Crippen molar-refractivity contribution < 1.29 is 19.4 Å². The van der Waals surface area contributed by atoms with Crippen LogP contribution in [0.5, 0.6) is 5.88 Å². The van der Waals surface area contributed by atoms with E-state index >= 15 is 0 Å². The maximum atomic E-state index is 12.4. The van der Waals surface area contributed by atoms with Gasteiger partial charge < -0.3 is 15.2 Å². The molecule has 0 aliphatic heterocycles. The Hall–Kier alpha value is -2.89. The molecule has 0 aliphatic carbocycles. The van der Waals surface area contributed by atoms with Crippen molar-refractivity contribution in [1.29, 1.82) is 0 Å². The van der Waals surface area contributed by atoms with Crippen LogP contribution in [0.1, 0.15) is 43.1 Å². The SMILES string of the molecule is CCC(CNC(=O)c1ccc(OC(C)C)nc1)(C(=O)O)c1ccccc1. The zero-order chi connectivity index (χ0) is 19.2. The molecule has 0 bridgehead atoms. The van der Waals surface area contributed by atoms with E-state index in [0.29, 0.717) is 23.4 Å². The lowest BCUT2D eigenvalue weighted by Crippen LogP contribution is -2.46. The number of carbonyl (C=O) groups excluding carboxylic acids is 1. The maximum Gasteiger partial charge on any atom is 0.315 e. The molecule has 26 heavy (non-hydrogen) atoms. The molecule has 2 aromatic rings. The van der Waals surface area contributed by atoms with Crippen LogP contribution in [0, 0.1) is 0 Å². The van der Waals surface area contributed by atoms with Crippen LogP contribution in [0.25, 0.3) is 0 Å². The number of pyridine rings is 1. The molecular weight excluding hydrogens is 332 g/mol. The lowest BCUT2D eigenvalue weighted by molar-refractivity contribution is -0.143. The largest absolute Gasteiger partial charge is 0.481 e. The summed E-state index contributed by atoms with van der Waals surface area (Å²) < 4.78 is 5.45. The highest BCUT2D eigenvalue weighted by atomic mass is 16.5. The number of hydrogen-bond acceptors (Lipinski definition) is 4. The molecule has 0 fully saturated rings. The van der Waals surface area contributed by atoms with Gasteiger partial charge in [-0.25, -0.2) is 4.98 Å². The normalized spacial score (nSPS) is 13.1. The summed E-state index contributed by atoms with van der Waals surface area (Å²) >= 11 is 0. The zero-order valence-electron chi connectivity index (χ0n) is 15.2. The van der Waals surface area contributed by atoms with Gasteiger partial charge in [-0.3, -0.25) is 9.59 Å². The number of nitrogens with zero attached hydrogens (tertiary/aromatic N) is 1. The van der Waals surface area contributed by atoms with E-state index in [2.05, 4.69) is 10.3 Å². The Labute approximate surface area is 153 Å². The summed E-state index contributed by atoms with van der Waals surface area (Å²) in [6.45, 7) is 5.57. The van der Waals surface area contributed by atoms with Gasteiger partial charge in [-0.1, -0.05) is 37.3 Å². The smallest absolute Gasteiger partial charge is 0.315 e. The first-order valence-electron chi connectivity index (χ1n) is 8.59. The first-order valence-corrected chi connectivity index (χ1v) is 8.59. The van der Waals surface area contributed by atoms with Crippen molar-refractivity contribution in [3.8, 4) is 5.88 Å². The summed E-state index contributed by atoms with van der Waals surface area (Å²) in [5.41, 5.74) is -0.163. The van der Waals surface area contributed by atoms with Crippen molar-refractivity contribution in [2.45, 2.75) is 38.7 Å². The molecule has 1 heterocycles. The molecule has 0 aliphatic rings. The van der Waals surface area contributed by atoms with E-state index in [0.717, 1.165) is 0 Å². The molecule has 2 N–H and O–H groups in total. The van der Waals surface area contributed by atoms with Gasteiger partial charge in [-0.15, -0.1) is 0 Å². The number of nitrogens with one attached hydrogen (secondary N) is 1. The van der Waals surface area contributed by atoms with Crippen LogP contribution >= 0.6 is 0 Å². The van der Waals surface area contributed by atoms with Gasteiger partial charge in [0.05, 0.1) is 11.7 Å². The van der Waals surface area contributed by atoms with Gasteiger partial charge in [0, 0.05) is 18.8 Å². The van der Waals surface area contributed by atoms with E-state index in [-0.39, 0.29) is 18.6 Å². The number of amides is 1. The summed E-state index contributed by atoms with van der Waals surface area (Å²) in [5.74, 6) is -0.900. The minimum Gasteiger partial charge on any atom is -0.481 e. The molecule has 6 nitrogen and oxygen atoms in total. The third kappa shape index (κ3) is 4.39. The number of aliphatic carboxylic acids is 1. The van der Waals surface area contributed by atoms with Crippen molar-refractivity contribution in [3.63, 3.8) is 0 Å². The molecule has 1 aromatic carbocycles. The summed E-state index contributed by atoms with van der Waals surface area (Å²) in [4.78, 5) is 28.5. The van der Waals surface area contributed by atoms with Gasteiger partial charge >= 0.3 is 5.97 Å². The summed E-state index contributed by atoms with van der Waals surface area (Å²) in [6.07, 6.45) is 1.77. The monoisotopic (exact) mass is 356 g/mol. The van der Waals surface area contributed by atoms with Gasteiger partial charge in [0.15, 0.2) is 0 Å². The van der Waals surface area contributed by atoms with E-state index in [1.54, 1.807) is 43.3 Å². The van der Waals surface area contributed by atoms with Gasteiger partial charge in [0.1, 0.15) is 5.41 Å². The number of rotatable bonds is 8. The molecule has 138 valence electrons. The fourth-order valence-electron chi connectivity index (χ4n) is 2.70. The molecule has 0 saturated carbocycles. The minimum atomic E-state index is -1.18. The van der Waals surface area contributed by atoms with E-state index in [1.165, 1.54) is 6.20 Å². The Morgan fingerprint density at radius 2 is 1.88 bits per heavy atom. The lowest BCUT2D eigenvalue weighted by Gasteiger charge is -2.29. The summed E-state index contributed by atoms with van der Waals surface area (Å²) in [6, 6.07) is 12.2. The summed E-state index contributed by atoms with van der Waals surface area (Å²) in [7, 11) is 0. The number of carbonyl (C=O) groups is 2. The average Bonchev–Trinajstić information content (AvgIpc) is 2.63. The summed E-state index contributed by atoms with van der Waals surface area (Å²) in [5, 5.41) is 12.5. The van der Waals surface area contributed by atoms with Crippen molar-refractivity contribution in [1.82, 2.24) is 10.3 Å². The highest BCUT2D eigenvalue weighted by Gasteiger charge is 2.39. The second-order valence-electron chi connectivity index (χ2n) is 6.34. The number of hydrogen-bond donors (Lipinski definition) is 2. The molecule has 0 radical (unpaired) electrons. The Morgan fingerprint density at radius 1 is 1.19 bits per heavy atom. The third-order valence-electron chi connectivity index (χ3n) is 4.25. The van der Waals surface area contributed by atoms with Gasteiger partial charge in [-0.05, 0) is 31.9 Å². The van der Waals surface area contributed by atoms with Crippen LogP contribution in [-0.4, -0.2) is 34.6 Å². The molecule has 2 rings (SSSR count). The molecule has 1 atom stereocenters. The predicted octanol–water partition coefficient (Wildman–Crippen LogP) is 3.03. The van der Waals surface area contributed by atoms with Crippen LogP contribution in [0.4, 0.5) is 0 Å². The van der Waals surface area contributed by atoms with Crippen LogP contribution in [-0.2, 0) is 10.2 Å². The Morgan fingerprint density at radius 3 is 2.38 bits per heavy atom. The number of ether oxygens (including phenoxy) is 1. The van der Waals surface area contributed by atoms with E-state index in [4.69, 9.17) is 4.74 Å². The van der Waals surface area contributed by atoms with E-state index in [1.807, 2.05) is 19.9 Å². The molecule has 6 heteroatoms. The minimum absolute atomic E-state index is 0.00575. The Balaban J connectivity index is 2.13. The van der Waals surface area contributed by atoms with Crippen LogP contribution in [0.2, 0.25) is 0 Å². The van der Waals surface area contributed by atoms with Gasteiger partial charge in [0.25, 0.3) is 5.91 Å². The number of aromatic nitrogens is 1. The second-order valence-corrected chi connectivity index (χ2v) is 6.34. The highest BCUT2D eigenvalue weighted by molar-refractivity contribution is 5.94. The molecule has 1 aromatic heterocycles. The molecule has 1 amide bonds. The fraction of sp³-hybridized carbons (Fsp3) is 0.350. The van der Waals surface area contributed by atoms with Crippen molar-refractivity contribution in [2.75, 3.05) is 6.54 Å². The molecule has 0 spiro atoms. The predicted molar refractivity (Wildman–Crippen MR) is 98.4 cm³/mol. The van der Waals surface area contributed by atoms with Crippen molar-refractivity contribution in [2.24, 2.45) is 0 Å². The average molecular weight is 356 g/mol. The molecule has 0 saturated heterocycles. The number of carboxylic acids is 1. The van der Waals surface area contributed by atoms with E-state index < -0.39 is 11.4 Å². The van der Waals surface area contributed by atoms with Crippen LogP contribution < -0.4 is 10.1 Å². The molecule has 1 unspecified atom stereocenters. The molecular formula is C20H24N2O4. The van der Waals surface area contributed by atoms with Crippen LogP contribution in [0.15, 0.2) is 48.7 Å². The van der Waals surface area contributed by atoms with Gasteiger partial charge in [-0.2, -0.15) is 0 Å².